The molecule has 0 aromatic carbocycles. The Kier molecular flexibility index (Phi) is 3.05. The van der Waals surface area contributed by atoms with E-state index in [4.69, 9.17) is 0 Å². The number of nitrogens with one attached hydrogen (secondary N) is 2. The minimum atomic E-state index is 0.780. The second kappa shape index (κ2) is 4.65. The molecule has 2 aromatic heterocycles. The Labute approximate surface area is 100 Å². The van der Waals surface area contributed by atoms with Crippen LogP contribution in [0.5, 0.6) is 0 Å². The van der Waals surface area contributed by atoms with Gasteiger partial charge in [-0.25, -0.2) is 0 Å². The third-order valence-corrected chi connectivity index (χ3v) is 2.36. The summed E-state index contributed by atoms with van der Waals surface area (Å²) in [5.74, 6) is 0. The van der Waals surface area contributed by atoms with Crippen molar-refractivity contribution < 1.29 is 0 Å². The van der Waals surface area contributed by atoms with E-state index in [0.717, 1.165) is 28.2 Å². The number of anilines is 1. The van der Waals surface area contributed by atoms with Gasteiger partial charge in [0.05, 0.1) is 17.6 Å². The number of nitrogens with zero attached hydrogens (tertiary/aromatic N) is 2. The Morgan fingerprint density at radius 1 is 1.35 bits per heavy atom. The van der Waals surface area contributed by atoms with E-state index in [1.165, 1.54) is 0 Å². The highest BCUT2D eigenvalue weighted by Gasteiger charge is 2.07. The number of aromatic nitrogens is 3. The second-order valence-electron chi connectivity index (χ2n) is 3.78. The van der Waals surface area contributed by atoms with Crippen molar-refractivity contribution in [3.63, 3.8) is 0 Å². The average molecular weight is 226 g/mol. The minimum Gasteiger partial charge on any atom is -0.352 e. The zero-order valence-corrected chi connectivity index (χ0v) is 9.70. The molecule has 2 N–H and O–H groups in total. The summed E-state index contributed by atoms with van der Waals surface area (Å²) in [5.41, 5.74) is 4.40. The summed E-state index contributed by atoms with van der Waals surface area (Å²) >= 11 is 0. The Hall–Kier alpha value is -2.36. The van der Waals surface area contributed by atoms with Gasteiger partial charge in [-0.05, 0) is 24.6 Å². The predicted molar refractivity (Wildman–Crippen MR) is 70.2 cm³/mol. The third kappa shape index (κ3) is 2.42. The zero-order chi connectivity index (χ0) is 12.3. The molecule has 0 saturated carbocycles. The average Bonchev–Trinajstić information content (AvgIpc) is 2.78. The number of rotatable bonds is 4. The Morgan fingerprint density at radius 3 is 2.82 bits per heavy atom. The van der Waals surface area contributed by atoms with Crippen molar-refractivity contribution in [1.82, 2.24) is 15.2 Å². The molecular weight excluding hydrogens is 212 g/mol. The van der Waals surface area contributed by atoms with Crippen LogP contribution in [0.3, 0.4) is 0 Å². The summed E-state index contributed by atoms with van der Waals surface area (Å²) in [4.78, 5) is 4.05. The van der Waals surface area contributed by atoms with Crippen molar-refractivity contribution in [1.29, 1.82) is 0 Å². The molecule has 0 aliphatic heterocycles. The van der Waals surface area contributed by atoms with Crippen LogP contribution >= 0.6 is 0 Å². The standard InChI is InChI=1S/C13H14N4/c1-9(2)13-12(8-15-17-13)16-10(3)11-5-4-6-14-7-11/h4-8,16H,1,3H2,2H3,(H,15,17). The maximum Gasteiger partial charge on any atom is 0.0845 e. The van der Waals surface area contributed by atoms with E-state index in [2.05, 4.69) is 33.7 Å². The van der Waals surface area contributed by atoms with Crippen LogP contribution < -0.4 is 5.32 Å². The van der Waals surface area contributed by atoms with Gasteiger partial charge in [0.2, 0.25) is 0 Å². The summed E-state index contributed by atoms with van der Waals surface area (Å²) in [7, 11) is 0. The maximum absolute atomic E-state index is 4.05. The smallest absolute Gasteiger partial charge is 0.0845 e. The molecule has 2 aromatic rings. The molecule has 17 heavy (non-hydrogen) atoms. The van der Waals surface area contributed by atoms with Gasteiger partial charge in [-0.1, -0.05) is 13.2 Å². The lowest BCUT2D eigenvalue weighted by Crippen LogP contribution is -1.98. The normalized spacial score (nSPS) is 9.94. The van der Waals surface area contributed by atoms with Crippen LogP contribution in [0.1, 0.15) is 18.2 Å². The molecule has 0 bridgehead atoms. The van der Waals surface area contributed by atoms with Gasteiger partial charge in [-0.3, -0.25) is 10.1 Å². The van der Waals surface area contributed by atoms with Crippen molar-refractivity contribution in [2.24, 2.45) is 0 Å². The Bertz CT molecular complexity index is 540. The van der Waals surface area contributed by atoms with Crippen LogP contribution in [-0.4, -0.2) is 15.2 Å². The molecule has 0 amide bonds. The first-order chi connectivity index (χ1) is 8.18. The lowest BCUT2D eigenvalue weighted by Gasteiger charge is -2.09. The molecule has 86 valence electrons. The van der Waals surface area contributed by atoms with E-state index in [9.17, 15) is 0 Å². The first kappa shape index (κ1) is 11.1. The largest absolute Gasteiger partial charge is 0.352 e. The van der Waals surface area contributed by atoms with Crippen LogP contribution in [0.15, 0.2) is 43.9 Å². The molecule has 0 aliphatic rings. The molecule has 0 radical (unpaired) electrons. The summed E-state index contributed by atoms with van der Waals surface area (Å²) in [6.07, 6.45) is 5.20. The Morgan fingerprint density at radius 2 is 2.18 bits per heavy atom. The molecule has 0 spiro atoms. The molecule has 4 nitrogen and oxygen atoms in total. The maximum atomic E-state index is 4.05. The van der Waals surface area contributed by atoms with Gasteiger partial charge in [0.25, 0.3) is 0 Å². The lowest BCUT2D eigenvalue weighted by atomic mass is 10.2. The van der Waals surface area contributed by atoms with E-state index < -0.39 is 0 Å². The fourth-order valence-corrected chi connectivity index (χ4v) is 1.48. The van der Waals surface area contributed by atoms with Crippen molar-refractivity contribution in [3.8, 4) is 0 Å². The highest BCUT2D eigenvalue weighted by Crippen LogP contribution is 2.22. The van der Waals surface area contributed by atoms with Crippen LogP contribution in [-0.2, 0) is 0 Å². The van der Waals surface area contributed by atoms with Gasteiger partial charge in [0, 0.05) is 23.7 Å². The molecule has 2 heterocycles. The Balaban J connectivity index is 2.19. The number of pyridine rings is 1. The van der Waals surface area contributed by atoms with E-state index in [-0.39, 0.29) is 0 Å². The highest BCUT2D eigenvalue weighted by atomic mass is 15.1. The monoisotopic (exact) mass is 226 g/mol. The molecule has 0 saturated heterocycles. The topological polar surface area (TPSA) is 53.6 Å². The number of H-pyrrole nitrogens is 1. The van der Waals surface area contributed by atoms with Gasteiger partial charge >= 0.3 is 0 Å². The second-order valence-corrected chi connectivity index (χ2v) is 3.78. The SMILES string of the molecule is C=C(Nc1cn[nH]c1C(=C)C)c1cccnc1. The predicted octanol–water partition coefficient (Wildman–Crippen LogP) is 2.92. The van der Waals surface area contributed by atoms with E-state index >= 15 is 0 Å². The number of hydrogen-bond acceptors (Lipinski definition) is 3. The molecule has 0 aliphatic carbocycles. The molecule has 0 atom stereocenters. The van der Waals surface area contributed by atoms with Gasteiger partial charge in [-0.2, -0.15) is 5.10 Å². The third-order valence-electron chi connectivity index (χ3n) is 2.36. The van der Waals surface area contributed by atoms with Crippen LogP contribution in [0.4, 0.5) is 5.69 Å². The fraction of sp³-hybridized carbons (Fsp3) is 0.0769. The van der Waals surface area contributed by atoms with Gasteiger partial charge in [-0.15, -0.1) is 0 Å². The molecule has 0 fully saturated rings. The molecular formula is C13H14N4. The zero-order valence-electron chi connectivity index (χ0n) is 9.70. The van der Waals surface area contributed by atoms with Crippen molar-refractivity contribution >= 4 is 17.0 Å². The molecule has 2 rings (SSSR count). The van der Waals surface area contributed by atoms with E-state index in [0.29, 0.717) is 0 Å². The first-order valence-electron chi connectivity index (χ1n) is 5.24. The van der Waals surface area contributed by atoms with Crippen LogP contribution in [0.2, 0.25) is 0 Å². The number of hydrogen-bond donors (Lipinski definition) is 2. The summed E-state index contributed by atoms with van der Waals surface area (Å²) < 4.78 is 0. The quantitative estimate of drug-likeness (QED) is 0.842. The number of allylic oxidation sites excluding steroid dienone is 1. The van der Waals surface area contributed by atoms with Gasteiger partial charge < -0.3 is 5.32 Å². The molecule has 4 heteroatoms. The molecule has 0 unspecified atom stereocenters. The number of aromatic amines is 1. The fourth-order valence-electron chi connectivity index (χ4n) is 1.48. The summed E-state index contributed by atoms with van der Waals surface area (Å²) in [5, 5.41) is 10.1. The van der Waals surface area contributed by atoms with Gasteiger partial charge in [0.15, 0.2) is 0 Å². The van der Waals surface area contributed by atoms with Crippen LogP contribution in [0.25, 0.3) is 11.3 Å². The lowest BCUT2D eigenvalue weighted by molar-refractivity contribution is 1.07. The van der Waals surface area contributed by atoms with Crippen molar-refractivity contribution in [2.75, 3.05) is 5.32 Å². The van der Waals surface area contributed by atoms with Crippen molar-refractivity contribution in [2.45, 2.75) is 6.92 Å². The highest BCUT2D eigenvalue weighted by molar-refractivity contribution is 5.80. The van der Waals surface area contributed by atoms with Gasteiger partial charge in [0.1, 0.15) is 0 Å². The summed E-state index contributed by atoms with van der Waals surface area (Å²) in [6.45, 7) is 9.78. The van der Waals surface area contributed by atoms with E-state index in [1.807, 2.05) is 19.1 Å². The summed E-state index contributed by atoms with van der Waals surface area (Å²) in [6, 6.07) is 3.82. The van der Waals surface area contributed by atoms with Crippen LogP contribution in [0, 0.1) is 0 Å². The van der Waals surface area contributed by atoms with Crippen molar-refractivity contribution in [3.05, 3.63) is 55.1 Å². The van der Waals surface area contributed by atoms with E-state index in [1.54, 1.807) is 18.6 Å². The first-order valence-corrected chi connectivity index (χ1v) is 5.24. The minimum absolute atomic E-state index is 0.780.